The Morgan fingerprint density at radius 2 is 1.93 bits per heavy atom. The van der Waals surface area contributed by atoms with Crippen LogP contribution in [-0.2, 0) is 17.8 Å². The first-order valence-electron chi connectivity index (χ1n) is 9.43. The minimum absolute atomic E-state index is 0.0527. The Hall–Kier alpha value is -2.51. The first-order valence-corrected chi connectivity index (χ1v) is 12.9. The standard InChI is InChI=1S/C23H27NO2Si/c1-24(23(25)26-17-19-8-6-5-7-9-19)22-13-12-20-11-10-18(16-21(20)22)14-15-27(2,3)4/h5-11,16,22H,12-13,17H2,1-4H3. The van der Waals surface area contributed by atoms with Crippen LogP contribution in [-0.4, -0.2) is 26.1 Å². The molecule has 1 amide bonds. The summed E-state index contributed by atoms with van der Waals surface area (Å²) in [6.45, 7) is 7.03. The fourth-order valence-corrected chi connectivity index (χ4v) is 3.79. The van der Waals surface area contributed by atoms with Gasteiger partial charge >= 0.3 is 6.09 Å². The van der Waals surface area contributed by atoms with E-state index in [0.717, 1.165) is 24.0 Å². The predicted octanol–water partition coefficient (Wildman–Crippen LogP) is 5.17. The number of hydrogen-bond acceptors (Lipinski definition) is 2. The highest BCUT2D eigenvalue weighted by molar-refractivity contribution is 6.83. The van der Waals surface area contributed by atoms with Gasteiger partial charge in [-0.25, -0.2) is 4.79 Å². The quantitative estimate of drug-likeness (QED) is 0.545. The van der Waals surface area contributed by atoms with E-state index in [2.05, 4.69) is 49.3 Å². The lowest BCUT2D eigenvalue weighted by Crippen LogP contribution is -2.30. The van der Waals surface area contributed by atoms with Crippen LogP contribution in [0.3, 0.4) is 0 Å². The number of carbonyl (C=O) groups excluding carboxylic acids is 1. The molecular formula is C23H27NO2Si. The Bertz CT molecular complexity index is 875. The van der Waals surface area contributed by atoms with E-state index >= 15 is 0 Å². The van der Waals surface area contributed by atoms with E-state index in [1.807, 2.05) is 37.4 Å². The molecule has 0 radical (unpaired) electrons. The normalized spacial score (nSPS) is 15.5. The number of rotatable bonds is 3. The molecule has 0 aromatic heterocycles. The lowest BCUT2D eigenvalue weighted by Gasteiger charge is -2.25. The second kappa shape index (κ2) is 8.02. The van der Waals surface area contributed by atoms with Crippen LogP contribution >= 0.6 is 0 Å². The zero-order chi connectivity index (χ0) is 19.4. The molecular weight excluding hydrogens is 350 g/mol. The van der Waals surface area contributed by atoms with Crippen molar-refractivity contribution in [1.82, 2.24) is 4.90 Å². The number of hydrogen-bond donors (Lipinski definition) is 0. The largest absolute Gasteiger partial charge is 0.445 e. The maximum absolute atomic E-state index is 12.5. The number of benzene rings is 2. The van der Waals surface area contributed by atoms with Crippen molar-refractivity contribution in [2.24, 2.45) is 0 Å². The molecule has 0 heterocycles. The highest BCUT2D eigenvalue weighted by atomic mass is 28.3. The molecule has 1 atom stereocenters. The fraction of sp³-hybridized carbons (Fsp3) is 0.348. The molecule has 27 heavy (non-hydrogen) atoms. The molecule has 0 spiro atoms. The lowest BCUT2D eigenvalue weighted by atomic mass is 10.0. The molecule has 1 aliphatic rings. The first-order chi connectivity index (χ1) is 12.8. The van der Waals surface area contributed by atoms with Crippen LogP contribution in [0.2, 0.25) is 19.6 Å². The van der Waals surface area contributed by atoms with E-state index in [1.165, 1.54) is 11.1 Å². The van der Waals surface area contributed by atoms with Gasteiger partial charge in [-0.1, -0.05) is 62.0 Å². The maximum Gasteiger partial charge on any atom is 0.410 e. The van der Waals surface area contributed by atoms with Crippen molar-refractivity contribution in [3.63, 3.8) is 0 Å². The highest BCUT2D eigenvalue weighted by Crippen LogP contribution is 2.36. The molecule has 0 aliphatic heterocycles. The lowest BCUT2D eigenvalue weighted by molar-refractivity contribution is 0.0909. The molecule has 0 saturated carbocycles. The van der Waals surface area contributed by atoms with Gasteiger partial charge in [0.15, 0.2) is 0 Å². The summed E-state index contributed by atoms with van der Waals surface area (Å²) in [5, 5.41) is 0. The van der Waals surface area contributed by atoms with Crippen molar-refractivity contribution in [3.05, 3.63) is 70.8 Å². The number of carbonyl (C=O) groups is 1. The van der Waals surface area contributed by atoms with Crippen LogP contribution in [0, 0.1) is 11.5 Å². The molecule has 140 valence electrons. The Morgan fingerprint density at radius 3 is 2.63 bits per heavy atom. The van der Waals surface area contributed by atoms with E-state index < -0.39 is 8.07 Å². The Morgan fingerprint density at radius 1 is 1.19 bits per heavy atom. The number of amides is 1. The SMILES string of the molecule is CN(C(=O)OCc1ccccc1)C1CCc2ccc(C#C[Si](C)(C)C)cc21. The van der Waals surface area contributed by atoms with Gasteiger partial charge in [-0.15, -0.1) is 5.54 Å². The third-order valence-electron chi connectivity index (χ3n) is 4.73. The van der Waals surface area contributed by atoms with Gasteiger partial charge in [0.05, 0.1) is 6.04 Å². The molecule has 0 fully saturated rings. The monoisotopic (exact) mass is 377 g/mol. The summed E-state index contributed by atoms with van der Waals surface area (Å²) in [4.78, 5) is 14.3. The smallest absolute Gasteiger partial charge is 0.410 e. The summed E-state index contributed by atoms with van der Waals surface area (Å²) in [5.41, 5.74) is 7.96. The van der Waals surface area contributed by atoms with Crippen molar-refractivity contribution in [2.75, 3.05) is 7.05 Å². The summed E-state index contributed by atoms with van der Waals surface area (Å²) in [6.07, 6.45) is 1.63. The van der Waals surface area contributed by atoms with E-state index in [9.17, 15) is 4.79 Å². The number of nitrogens with zero attached hydrogens (tertiary/aromatic N) is 1. The van der Waals surface area contributed by atoms with Crippen molar-refractivity contribution >= 4 is 14.2 Å². The van der Waals surface area contributed by atoms with Gasteiger partial charge < -0.3 is 9.64 Å². The van der Waals surface area contributed by atoms with E-state index in [4.69, 9.17) is 4.74 Å². The van der Waals surface area contributed by atoms with Crippen LogP contribution in [0.1, 0.15) is 34.7 Å². The summed E-state index contributed by atoms with van der Waals surface area (Å²) in [7, 11) is 0.416. The van der Waals surface area contributed by atoms with Gasteiger partial charge in [-0.05, 0) is 41.7 Å². The van der Waals surface area contributed by atoms with Gasteiger partial charge in [0, 0.05) is 12.6 Å². The molecule has 2 aromatic carbocycles. The van der Waals surface area contributed by atoms with Crippen molar-refractivity contribution in [1.29, 1.82) is 0 Å². The summed E-state index contributed by atoms with van der Waals surface area (Å²) in [6, 6.07) is 16.2. The maximum atomic E-state index is 12.5. The molecule has 3 nitrogen and oxygen atoms in total. The zero-order valence-electron chi connectivity index (χ0n) is 16.6. The number of aryl methyl sites for hydroxylation is 1. The number of ether oxygens (including phenoxy) is 1. The summed E-state index contributed by atoms with van der Waals surface area (Å²) in [5.74, 6) is 3.33. The van der Waals surface area contributed by atoms with Crippen LogP contribution in [0.5, 0.6) is 0 Å². The van der Waals surface area contributed by atoms with Gasteiger partial charge in [0.2, 0.25) is 0 Å². The zero-order valence-corrected chi connectivity index (χ0v) is 17.6. The second-order valence-corrected chi connectivity index (χ2v) is 12.9. The average molecular weight is 378 g/mol. The minimum Gasteiger partial charge on any atom is -0.445 e. The molecule has 2 aromatic rings. The Balaban J connectivity index is 1.71. The number of fused-ring (bicyclic) bond motifs is 1. The van der Waals surface area contributed by atoms with Gasteiger partial charge in [-0.2, -0.15) is 0 Å². The van der Waals surface area contributed by atoms with Crippen molar-refractivity contribution in [3.8, 4) is 11.5 Å². The van der Waals surface area contributed by atoms with Crippen LogP contribution < -0.4 is 0 Å². The Kier molecular flexibility index (Phi) is 5.72. The molecule has 3 rings (SSSR count). The van der Waals surface area contributed by atoms with Crippen LogP contribution in [0.25, 0.3) is 0 Å². The van der Waals surface area contributed by atoms with Crippen LogP contribution in [0.4, 0.5) is 4.79 Å². The Labute approximate surface area is 163 Å². The third-order valence-corrected chi connectivity index (χ3v) is 5.61. The average Bonchev–Trinajstić information content (AvgIpc) is 3.07. The topological polar surface area (TPSA) is 29.5 Å². The molecule has 4 heteroatoms. The van der Waals surface area contributed by atoms with E-state index in [-0.39, 0.29) is 12.1 Å². The van der Waals surface area contributed by atoms with Gasteiger partial charge in [-0.3, -0.25) is 0 Å². The summed E-state index contributed by atoms with van der Waals surface area (Å²) < 4.78 is 5.50. The summed E-state index contributed by atoms with van der Waals surface area (Å²) >= 11 is 0. The van der Waals surface area contributed by atoms with Crippen molar-refractivity contribution < 1.29 is 9.53 Å². The minimum atomic E-state index is -1.41. The van der Waals surface area contributed by atoms with E-state index in [0.29, 0.717) is 6.61 Å². The highest BCUT2D eigenvalue weighted by Gasteiger charge is 2.29. The predicted molar refractivity (Wildman–Crippen MR) is 112 cm³/mol. The van der Waals surface area contributed by atoms with Gasteiger partial charge in [0.25, 0.3) is 0 Å². The third kappa shape index (κ3) is 5.02. The van der Waals surface area contributed by atoms with Gasteiger partial charge in [0.1, 0.15) is 14.7 Å². The van der Waals surface area contributed by atoms with Crippen molar-refractivity contribution in [2.45, 2.75) is 45.1 Å². The fourth-order valence-electron chi connectivity index (χ4n) is 3.27. The molecule has 0 bridgehead atoms. The first kappa shape index (κ1) is 19.3. The second-order valence-electron chi connectivity index (χ2n) is 8.12. The van der Waals surface area contributed by atoms with E-state index in [1.54, 1.807) is 4.90 Å². The molecule has 0 saturated heterocycles. The molecule has 0 N–H and O–H groups in total. The van der Waals surface area contributed by atoms with Crippen LogP contribution in [0.15, 0.2) is 48.5 Å². The molecule has 1 unspecified atom stereocenters. The molecule has 1 aliphatic carbocycles.